The lowest BCUT2D eigenvalue weighted by atomic mass is 9.95. The van der Waals surface area contributed by atoms with Crippen LogP contribution in [0.15, 0.2) is 12.1 Å². The van der Waals surface area contributed by atoms with Gasteiger partial charge in [-0.05, 0) is 60.8 Å². The number of fused-ring (bicyclic) bond motifs is 2. The van der Waals surface area contributed by atoms with Crippen LogP contribution in [-0.4, -0.2) is 5.11 Å². The van der Waals surface area contributed by atoms with Crippen LogP contribution in [0.4, 0.5) is 0 Å². The summed E-state index contributed by atoms with van der Waals surface area (Å²) in [5, 5.41) is 10.1. The fraction of sp³-hybridized carbons (Fsp3) is 0.571. The maximum Gasteiger partial charge on any atom is 0.0792 e. The Kier molecular flexibility index (Phi) is 2.28. The molecule has 1 heteroatoms. The first-order valence-electron chi connectivity index (χ1n) is 6.17. The van der Waals surface area contributed by atoms with Gasteiger partial charge in [0.15, 0.2) is 0 Å². The Morgan fingerprint density at radius 1 is 0.867 bits per heavy atom. The van der Waals surface area contributed by atoms with Gasteiger partial charge in [-0.2, -0.15) is 0 Å². The molecule has 1 N–H and O–H groups in total. The molecule has 0 fully saturated rings. The van der Waals surface area contributed by atoms with E-state index in [1.54, 1.807) is 5.56 Å². The first-order valence-corrected chi connectivity index (χ1v) is 6.17. The minimum atomic E-state index is -0.201. The molecule has 3 rings (SSSR count). The summed E-state index contributed by atoms with van der Waals surface area (Å²) >= 11 is 0. The summed E-state index contributed by atoms with van der Waals surface area (Å²) in [6, 6.07) is 4.65. The third-order valence-corrected chi connectivity index (χ3v) is 3.89. The molecule has 2 aliphatic rings. The van der Waals surface area contributed by atoms with Crippen LogP contribution >= 0.6 is 0 Å². The van der Waals surface area contributed by atoms with E-state index in [1.807, 2.05) is 0 Å². The van der Waals surface area contributed by atoms with Crippen LogP contribution < -0.4 is 0 Å². The highest BCUT2D eigenvalue weighted by Crippen LogP contribution is 2.33. The van der Waals surface area contributed by atoms with E-state index in [2.05, 4.69) is 12.1 Å². The van der Waals surface area contributed by atoms with Crippen LogP contribution in [0.5, 0.6) is 0 Å². The molecular weight excluding hydrogens is 184 g/mol. The molecule has 0 heterocycles. The Bertz CT molecular complexity index is 381. The predicted molar refractivity (Wildman–Crippen MR) is 61.0 cm³/mol. The van der Waals surface area contributed by atoms with Crippen molar-refractivity contribution >= 4 is 0 Å². The van der Waals surface area contributed by atoms with Crippen molar-refractivity contribution in [2.24, 2.45) is 0 Å². The van der Waals surface area contributed by atoms with Crippen molar-refractivity contribution in [3.8, 4) is 0 Å². The van der Waals surface area contributed by atoms with Gasteiger partial charge >= 0.3 is 0 Å². The zero-order valence-electron chi connectivity index (χ0n) is 9.13. The molecule has 0 aliphatic heterocycles. The van der Waals surface area contributed by atoms with E-state index in [1.165, 1.54) is 55.2 Å². The van der Waals surface area contributed by atoms with Gasteiger partial charge < -0.3 is 5.11 Å². The molecule has 0 saturated heterocycles. The van der Waals surface area contributed by atoms with Crippen molar-refractivity contribution in [3.05, 3.63) is 34.4 Å². The fourth-order valence-electron chi connectivity index (χ4n) is 3.03. The second-order valence-corrected chi connectivity index (χ2v) is 4.93. The quantitative estimate of drug-likeness (QED) is 0.641. The Morgan fingerprint density at radius 3 is 2.47 bits per heavy atom. The number of hydrogen-bond acceptors (Lipinski definition) is 1. The van der Waals surface area contributed by atoms with E-state index in [-0.39, 0.29) is 6.10 Å². The summed E-state index contributed by atoms with van der Waals surface area (Å²) in [6.45, 7) is 0. The molecule has 1 unspecified atom stereocenters. The maximum absolute atomic E-state index is 10.1. The van der Waals surface area contributed by atoms with Crippen LogP contribution in [0.2, 0.25) is 0 Å². The second kappa shape index (κ2) is 3.64. The topological polar surface area (TPSA) is 20.2 Å². The van der Waals surface area contributed by atoms with Crippen molar-refractivity contribution in [3.63, 3.8) is 0 Å². The van der Waals surface area contributed by atoms with Crippen LogP contribution in [0.1, 0.15) is 54.0 Å². The number of aliphatic hydroxyl groups excluding tert-OH is 1. The molecule has 1 atom stereocenters. The lowest BCUT2D eigenvalue weighted by Gasteiger charge is -2.13. The van der Waals surface area contributed by atoms with E-state index in [0.29, 0.717) is 0 Å². The molecule has 0 bridgehead atoms. The van der Waals surface area contributed by atoms with Gasteiger partial charge in [0, 0.05) is 0 Å². The largest absolute Gasteiger partial charge is 0.388 e. The summed E-state index contributed by atoms with van der Waals surface area (Å²) in [5.41, 5.74) is 5.69. The molecule has 1 aromatic rings. The molecule has 0 aromatic heterocycles. The molecule has 0 radical (unpaired) electrons. The average molecular weight is 202 g/mol. The number of benzene rings is 1. The summed E-state index contributed by atoms with van der Waals surface area (Å²) < 4.78 is 0. The number of hydrogen-bond donors (Lipinski definition) is 1. The summed E-state index contributed by atoms with van der Waals surface area (Å²) in [4.78, 5) is 0. The van der Waals surface area contributed by atoms with Gasteiger partial charge in [0.05, 0.1) is 6.10 Å². The van der Waals surface area contributed by atoms with Gasteiger partial charge in [-0.1, -0.05) is 18.6 Å². The second-order valence-electron chi connectivity index (χ2n) is 4.93. The molecule has 80 valence electrons. The first kappa shape index (κ1) is 9.41. The maximum atomic E-state index is 10.1. The van der Waals surface area contributed by atoms with E-state index in [4.69, 9.17) is 0 Å². The van der Waals surface area contributed by atoms with Gasteiger partial charge in [-0.15, -0.1) is 0 Å². The minimum absolute atomic E-state index is 0.201. The van der Waals surface area contributed by atoms with Crippen molar-refractivity contribution < 1.29 is 5.11 Å². The van der Waals surface area contributed by atoms with Crippen molar-refractivity contribution in [1.29, 1.82) is 0 Å². The minimum Gasteiger partial charge on any atom is -0.388 e. The highest BCUT2D eigenvalue weighted by molar-refractivity contribution is 5.42. The van der Waals surface area contributed by atoms with E-state index in [9.17, 15) is 5.11 Å². The van der Waals surface area contributed by atoms with Gasteiger partial charge in [-0.3, -0.25) is 0 Å². The van der Waals surface area contributed by atoms with Gasteiger partial charge in [-0.25, -0.2) is 0 Å². The summed E-state index contributed by atoms with van der Waals surface area (Å²) in [7, 11) is 0. The van der Waals surface area contributed by atoms with Crippen LogP contribution in [0.3, 0.4) is 0 Å². The smallest absolute Gasteiger partial charge is 0.0792 e. The predicted octanol–water partition coefficient (Wildman–Crippen LogP) is 2.94. The number of aryl methyl sites for hydroxylation is 3. The highest BCUT2D eigenvalue weighted by Gasteiger charge is 2.20. The lowest BCUT2D eigenvalue weighted by Crippen LogP contribution is -2.00. The van der Waals surface area contributed by atoms with E-state index in [0.717, 1.165) is 6.42 Å². The van der Waals surface area contributed by atoms with Crippen molar-refractivity contribution in [2.75, 3.05) is 0 Å². The van der Waals surface area contributed by atoms with Crippen LogP contribution in [0.25, 0.3) is 0 Å². The lowest BCUT2D eigenvalue weighted by molar-refractivity contribution is 0.166. The molecule has 0 amide bonds. The monoisotopic (exact) mass is 202 g/mol. The summed E-state index contributed by atoms with van der Waals surface area (Å²) in [5.74, 6) is 0. The normalized spacial score (nSPS) is 24.5. The van der Waals surface area contributed by atoms with E-state index >= 15 is 0 Å². The first-order chi connectivity index (χ1) is 7.34. The summed E-state index contributed by atoms with van der Waals surface area (Å²) in [6.07, 6.45) is 8.09. The van der Waals surface area contributed by atoms with Crippen molar-refractivity contribution in [2.45, 2.75) is 51.0 Å². The molecule has 1 aromatic carbocycles. The number of rotatable bonds is 0. The van der Waals surface area contributed by atoms with E-state index < -0.39 is 0 Å². The van der Waals surface area contributed by atoms with Gasteiger partial charge in [0.2, 0.25) is 0 Å². The average Bonchev–Trinajstić information content (AvgIpc) is 2.62. The van der Waals surface area contributed by atoms with Gasteiger partial charge in [0.25, 0.3) is 0 Å². The standard InChI is InChI=1S/C14H18O/c15-14-7-2-1-4-12-8-10-5-3-6-11(10)9-13(12)14/h8-9,14-15H,1-7H2. The zero-order chi connectivity index (χ0) is 10.3. The number of aliphatic hydroxyl groups is 1. The molecule has 0 saturated carbocycles. The molecule has 1 nitrogen and oxygen atoms in total. The third-order valence-electron chi connectivity index (χ3n) is 3.89. The molecule has 15 heavy (non-hydrogen) atoms. The zero-order valence-corrected chi connectivity index (χ0v) is 9.13. The van der Waals surface area contributed by atoms with Crippen molar-refractivity contribution in [1.82, 2.24) is 0 Å². The molecule has 0 spiro atoms. The Balaban J connectivity index is 2.09. The fourth-order valence-corrected chi connectivity index (χ4v) is 3.03. The van der Waals surface area contributed by atoms with Crippen LogP contribution in [0, 0.1) is 0 Å². The Hall–Kier alpha value is -0.820. The third kappa shape index (κ3) is 1.59. The SMILES string of the molecule is OC1CCCCc2cc3c(cc21)CCC3. The Morgan fingerprint density at radius 2 is 1.60 bits per heavy atom. The van der Waals surface area contributed by atoms with Crippen LogP contribution in [-0.2, 0) is 19.3 Å². The molecule has 2 aliphatic carbocycles. The molecular formula is C14H18O. The Labute approximate surface area is 91.1 Å². The van der Waals surface area contributed by atoms with Gasteiger partial charge in [0.1, 0.15) is 0 Å². The highest BCUT2D eigenvalue weighted by atomic mass is 16.3.